The standard InChI is InChI=1S/C18H21ClN4O2/c1-25-15-4-2-13(3-5-15)10-21-18(24)14-6-8-23(9-7-14)17-12-20-11-16(19)22-17/h2-5,11-12,14H,6-10H2,1H3,(H,21,24). The summed E-state index contributed by atoms with van der Waals surface area (Å²) >= 11 is 5.89. The maximum absolute atomic E-state index is 12.4. The zero-order valence-corrected chi connectivity index (χ0v) is 14.9. The van der Waals surface area contributed by atoms with Crippen molar-refractivity contribution in [2.75, 3.05) is 25.1 Å². The van der Waals surface area contributed by atoms with Crippen LogP contribution in [-0.2, 0) is 11.3 Å². The first-order chi connectivity index (χ1) is 12.2. The molecule has 0 bridgehead atoms. The van der Waals surface area contributed by atoms with E-state index in [0.717, 1.165) is 43.1 Å². The monoisotopic (exact) mass is 360 g/mol. The molecule has 0 radical (unpaired) electrons. The molecule has 1 saturated heterocycles. The fraction of sp³-hybridized carbons (Fsp3) is 0.389. The van der Waals surface area contributed by atoms with E-state index in [1.807, 2.05) is 24.3 Å². The van der Waals surface area contributed by atoms with Gasteiger partial charge in [0.15, 0.2) is 0 Å². The number of methoxy groups -OCH3 is 1. The van der Waals surface area contributed by atoms with Gasteiger partial charge in [0.25, 0.3) is 0 Å². The van der Waals surface area contributed by atoms with E-state index in [2.05, 4.69) is 20.2 Å². The van der Waals surface area contributed by atoms with Gasteiger partial charge in [0.2, 0.25) is 5.91 Å². The van der Waals surface area contributed by atoms with Crippen molar-refractivity contribution in [3.05, 3.63) is 47.4 Å². The van der Waals surface area contributed by atoms with Gasteiger partial charge in [-0.15, -0.1) is 0 Å². The minimum atomic E-state index is 0.0293. The molecular weight excluding hydrogens is 340 g/mol. The predicted molar refractivity (Wildman–Crippen MR) is 96.8 cm³/mol. The number of nitrogens with zero attached hydrogens (tertiary/aromatic N) is 3. The van der Waals surface area contributed by atoms with Gasteiger partial charge in [0.1, 0.15) is 16.7 Å². The number of anilines is 1. The van der Waals surface area contributed by atoms with Gasteiger partial charge in [-0.1, -0.05) is 23.7 Å². The molecule has 7 heteroatoms. The summed E-state index contributed by atoms with van der Waals surface area (Å²) in [7, 11) is 1.64. The van der Waals surface area contributed by atoms with Crippen LogP contribution in [0.1, 0.15) is 18.4 Å². The fourth-order valence-electron chi connectivity index (χ4n) is 2.93. The summed E-state index contributed by atoms with van der Waals surface area (Å²) in [6.45, 7) is 2.08. The van der Waals surface area contributed by atoms with Crippen molar-refractivity contribution in [1.29, 1.82) is 0 Å². The third kappa shape index (κ3) is 4.60. The van der Waals surface area contributed by atoms with Crippen LogP contribution in [0.15, 0.2) is 36.7 Å². The number of piperidine rings is 1. The van der Waals surface area contributed by atoms with Gasteiger partial charge in [-0.05, 0) is 30.5 Å². The minimum Gasteiger partial charge on any atom is -0.497 e. The Hall–Kier alpha value is -2.34. The highest BCUT2D eigenvalue weighted by molar-refractivity contribution is 6.29. The molecule has 1 aliphatic rings. The molecule has 6 nitrogen and oxygen atoms in total. The zero-order valence-electron chi connectivity index (χ0n) is 14.1. The number of ether oxygens (including phenoxy) is 1. The van der Waals surface area contributed by atoms with Crippen LogP contribution >= 0.6 is 11.6 Å². The van der Waals surface area contributed by atoms with E-state index in [0.29, 0.717) is 11.7 Å². The molecule has 2 heterocycles. The van der Waals surface area contributed by atoms with Crippen LogP contribution in [0, 0.1) is 5.92 Å². The van der Waals surface area contributed by atoms with Crippen LogP contribution in [0.2, 0.25) is 5.15 Å². The number of amides is 1. The Morgan fingerprint density at radius 1 is 1.28 bits per heavy atom. The molecule has 2 aromatic rings. The number of halogens is 1. The molecule has 0 aliphatic carbocycles. The molecule has 132 valence electrons. The second-order valence-corrected chi connectivity index (χ2v) is 6.41. The van der Waals surface area contributed by atoms with Crippen molar-refractivity contribution >= 4 is 23.3 Å². The van der Waals surface area contributed by atoms with Gasteiger partial charge in [-0.25, -0.2) is 4.98 Å². The topological polar surface area (TPSA) is 67.3 Å². The highest BCUT2D eigenvalue weighted by Crippen LogP contribution is 2.22. The van der Waals surface area contributed by atoms with Crippen LogP contribution in [0.25, 0.3) is 0 Å². The van der Waals surface area contributed by atoms with Crippen LogP contribution in [0.5, 0.6) is 5.75 Å². The first-order valence-electron chi connectivity index (χ1n) is 8.29. The molecule has 1 aromatic carbocycles. The summed E-state index contributed by atoms with van der Waals surface area (Å²) < 4.78 is 5.13. The molecule has 1 aliphatic heterocycles. The minimum absolute atomic E-state index is 0.0293. The molecule has 25 heavy (non-hydrogen) atoms. The number of hydrogen-bond donors (Lipinski definition) is 1. The quantitative estimate of drug-likeness (QED) is 0.887. The molecule has 1 amide bonds. The van der Waals surface area contributed by atoms with E-state index in [1.54, 1.807) is 13.3 Å². The smallest absolute Gasteiger partial charge is 0.223 e. The predicted octanol–water partition coefficient (Wildman–Crippen LogP) is 2.67. The number of nitrogens with one attached hydrogen (secondary N) is 1. The summed E-state index contributed by atoms with van der Waals surface area (Å²) in [5.74, 6) is 1.71. The van der Waals surface area contributed by atoms with Gasteiger partial charge >= 0.3 is 0 Å². The Bertz CT molecular complexity index is 715. The highest BCUT2D eigenvalue weighted by Gasteiger charge is 2.25. The van der Waals surface area contributed by atoms with Gasteiger partial charge in [0.05, 0.1) is 19.5 Å². The summed E-state index contributed by atoms with van der Waals surface area (Å²) in [5, 5.41) is 3.41. The number of rotatable bonds is 5. The Morgan fingerprint density at radius 2 is 2.00 bits per heavy atom. The first kappa shape index (κ1) is 17.5. The summed E-state index contributed by atoms with van der Waals surface area (Å²) in [5.41, 5.74) is 1.06. The summed E-state index contributed by atoms with van der Waals surface area (Å²) in [6.07, 6.45) is 4.81. The van der Waals surface area contributed by atoms with Gasteiger partial charge in [0, 0.05) is 25.6 Å². The lowest BCUT2D eigenvalue weighted by molar-refractivity contribution is -0.125. The summed E-state index contributed by atoms with van der Waals surface area (Å²) in [6, 6.07) is 7.71. The molecular formula is C18H21ClN4O2. The molecule has 0 unspecified atom stereocenters. The molecule has 0 spiro atoms. The lowest BCUT2D eigenvalue weighted by Gasteiger charge is -2.31. The lowest BCUT2D eigenvalue weighted by Crippen LogP contribution is -2.40. The van der Waals surface area contributed by atoms with Crippen LogP contribution in [0.4, 0.5) is 5.82 Å². The Kier molecular flexibility index (Phi) is 5.71. The van der Waals surface area contributed by atoms with E-state index >= 15 is 0 Å². The van der Waals surface area contributed by atoms with Crippen molar-refractivity contribution in [2.45, 2.75) is 19.4 Å². The fourth-order valence-corrected chi connectivity index (χ4v) is 3.08. The van der Waals surface area contributed by atoms with Crippen molar-refractivity contribution < 1.29 is 9.53 Å². The maximum Gasteiger partial charge on any atom is 0.223 e. The molecule has 1 aromatic heterocycles. The molecule has 0 saturated carbocycles. The van der Waals surface area contributed by atoms with Crippen molar-refractivity contribution in [3.8, 4) is 5.75 Å². The Balaban J connectivity index is 1.48. The van der Waals surface area contributed by atoms with E-state index in [4.69, 9.17) is 16.3 Å². The molecule has 0 atom stereocenters. The molecule has 1 N–H and O–H groups in total. The molecule has 3 rings (SSSR count). The SMILES string of the molecule is COc1ccc(CNC(=O)C2CCN(c3cncc(Cl)n3)CC2)cc1. The van der Waals surface area contributed by atoms with Gasteiger partial charge in [-0.2, -0.15) is 0 Å². The van der Waals surface area contributed by atoms with Crippen molar-refractivity contribution in [2.24, 2.45) is 5.92 Å². The average Bonchev–Trinajstić information content (AvgIpc) is 2.66. The number of carbonyl (C=O) groups is 1. The van der Waals surface area contributed by atoms with Crippen LogP contribution in [-0.4, -0.2) is 36.1 Å². The first-order valence-corrected chi connectivity index (χ1v) is 8.66. The second kappa shape index (κ2) is 8.16. The third-order valence-corrected chi connectivity index (χ3v) is 4.59. The van der Waals surface area contributed by atoms with E-state index in [1.165, 1.54) is 6.20 Å². The summed E-state index contributed by atoms with van der Waals surface area (Å²) in [4.78, 5) is 22.8. The average molecular weight is 361 g/mol. The Labute approximate surface area is 152 Å². The van der Waals surface area contributed by atoms with Crippen molar-refractivity contribution in [3.63, 3.8) is 0 Å². The van der Waals surface area contributed by atoms with E-state index in [9.17, 15) is 4.79 Å². The highest BCUT2D eigenvalue weighted by atomic mass is 35.5. The van der Waals surface area contributed by atoms with Crippen LogP contribution < -0.4 is 15.0 Å². The van der Waals surface area contributed by atoms with Crippen molar-refractivity contribution in [1.82, 2.24) is 15.3 Å². The van der Waals surface area contributed by atoms with E-state index < -0.39 is 0 Å². The largest absolute Gasteiger partial charge is 0.497 e. The third-order valence-electron chi connectivity index (χ3n) is 4.41. The number of benzene rings is 1. The number of carbonyl (C=O) groups excluding carboxylic acids is 1. The second-order valence-electron chi connectivity index (χ2n) is 6.03. The number of aromatic nitrogens is 2. The molecule has 1 fully saturated rings. The normalized spacial score (nSPS) is 15.0. The lowest BCUT2D eigenvalue weighted by atomic mass is 9.96. The zero-order chi connectivity index (χ0) is 17.6. The van der Waals surface area contributed by atoms with Crippen LogP contribution in [0.3, 0.4) is 0 Å². The Morgan fingerprint density at radius 3 is 2.64 bits per heavy atom. The van der Waals surface area contributed by atoms with Gasteiger partial charge < -0.3 is 15.0 Å². The maximum atomic E-state index is 12.4. The van der Waals surface area contributed by atoms with E-state index in [-0.39, 0.29) is 11.8 Å². The van der Waals surface area contributed by atoms with Gasteiger partial charge in [-0.3, -0.25) is 9.78 Å². The number of hydrogen-bond acceptors (Lipinski definition) is 5.